The standard InChI is InChI=1S/C9H2Cl3FO3/c10-7(14)3-1-4(8(11)15)6(13)5(2-3)9(12)16/h1-2H. The smallest absolute Gasteiger partial charge is 0.255 e. The molecule has 84 valence electrons. The maximum atomic E-state index is 13.5. The summed E-state index contributed by atoms with van der Waals surface area (Å²) in [5.74, 6) is -1.18. The van der Waals surface area contributed by atoms with Gasteiger partial charge < -0.3 is 0 Å². The van der Waals surface area contributed by atoms with Crippen LogP contribution in [0.25, 0.3) is 0 Å². The normalized spacial score (nSPS) is 10.0. The molecule has 0 spiro atoms. The third-order valence-electron chi connectivity index (χ3n) is 1.72. The van der Waals surface area contributed by atoms with Gasteiger partial charge in [0.05, 0.1) is 11.1 Å². The van der Waals surface area contributed by atoms with Crippen LogP contribution in [0.5, 0.6) is 0 Å². The van der Waals surface area contributed by atoms with Crippen molar-refractivity contribution in [2.75, 3.05) is 0 Å². The minimum Gasteiger partial charge on any atom is -0.276 e. The van der Waals surface area contributed by atoms with E-state index in [9.17, 15) is 18.8 Å². The van der Waals surface area contributed by atoms with Crippen molar-refractivity contribution in [2.24, 2.45) is 0 Å². The number of rotatable bonds is 3. The summed E-state index contributed by atoms with van der Waals surface area (Å²) in [6, 6.07) is 1.70. The predicted octanol–water partition coefficient (Wildman–Crippen LogP) is 2.96. The first kappa shape index (κ1) is 13.1. The number of carbonyl (C=O) groups excluding carboxylic acids is 3. The Hall–Kier alpha value is -0.970. The van der Waals surface area contributed by atoms with E-state index in [2.05, 4.69) is 0 Å². The van der Waals surface area contributed by atoms with E-state index in [1.54, 1.807) is 0 Å². The van der Waals surface area contributed by atoms with Crippen molar-refractivity contribution >= 4 is 50.5 Å². The van der Waals surface area contributed by atoms with Crippen LogP contribution in [0.2, 0.25) is 0 Å². The predicted molar refractivity (Wildman–Crippen MR) is 57.0 cm³/mol. The van der Waals surface area contributed by atoms with Gasteiger partial charge >= 0.3 is 0 Å². The van der Waals surface area contributed by atoms with Crippen LogP contribution in [-0.2, 0) is 0 Å². The number of hydrogen-bond acceptors (Lipinski definition) is 3. The third kappa shape index (κ3) is 2.58. The molecule has 0 amide bonds. The average molecular weight is 283 g/mol. The second-order valence-electron chi connectivity index (χ2n) is 2.71. The van der Waals surface area contributed by atoms with Gasteiger partial charge in [0.15, 0.2) is 0 Å². The Morgan fingerprint density at radius 2 is 1.25 bits per heavy atom. The fraction of sp³-hybridized carbons (Fsp3) is 0. The molecule has 0 saturated heterocycles. The number of benzene rings is 1. The molecule has 0 heterocycles. The second kappa shape index (κ2) is 4.91. The first-order chi connectivity index (χ1) is 7.34. The van der Waals surface area contributed by atoms with Gasteiger partial charge in [0.25, 0.3) is 15.7 Å². The highest BCUT2D eigenvalue weighted by Gasteiger charge is 2.20. The quantitative estimate of drug-likeness (QED) is 0.801. The summed E-state index contributed by atoms with van der Waals surface area (Å²) in [5.41, 5.74) is -1.50. The number of carbonyl (C=O) groups is 3. The Morgan fingerprint density at radius 3 is 1.50 bits per heavy atom. The van der Waals surface area contributed by atoms with E-state index in [4.69, 9.17) is 34.8 Å². The molecular weight excluding hydrogens is 281 g/mol. The highest BCUT2D eigenvalue weighted by Crippen LogP contribution is 2.21. The zero-order valence-corrected chi connectivity index (χ0v) is 9.66. The Bertz CT molecular complexity index is 464. The minimum absolute atomic E-state index is 0.240. The fourth-order valence-corrected chi connectivity index (χ4v) is 1.41. The van der Waals surface area contributed by atoms with E-state index in [0.717, 1.165) is 12.1 Å². The molecule has 0 unspecified atom stereocenters. The van der Waals surface area contributed by atoms with Gasteiger partial charge in [-0.25, -0.2) is 4.39 Å². The Labute approximate surface area is 104 Å². The van der Waals surface area contributed by atoms with Gasteiger partial charge in [-0.1, -0.05) is 0 Å². The van der Waals surface area contributed by atoms with Crippen LogP contribution in [0.3, 0.4) is 0 Å². The molecule has 3 nitrogen and oxygen atoms in total. The largest absolute Gasteiger partial charge is 0.276 e. The van der Waals surface area contributed by atoms with Gasteiger partial charge in [-0.15, -0.1) is 0 Å². The summed E-state index contributed by atoms with van der Waals surface area (Å²) in [7, 11) is 0. The Balaban J connectivity index is 3.57. The SMILES string of the molecule is O=C(Cl)c1cc(C(=O)Cl)c(F)c(C(=O)Cl)c1. The van der Waals surface area contributed by atoms with Crippen molar-refractivity contribution in [3.8, 4) is 0 Å². The van der Waals surface area contributed by atoms with Gasteiger partial charge in [-0.3, -0.25) is 14.4 Å². The molecule has 1 aromatic rings. The fourth-order valence-electron chi connectivity index (χ4n) is 1.02. The van der Waals surface area contributed by atoms with E-state index in [-0.39, 0.29) is 5.56 Å². The van der Waals surface area contributed by atoms with Gasteiger partial charge in [0, 0.05) is 5.56 Å². The lowest BCUT2D eigenvalue weighted by molar-refractivity contribution is 0.107. The maximum absolute atomic E-state index is 13.5. The lowest BCUT2D eigenvalue weighted by atomic mass is 10.1. The number of hydrogen-bond donors (Lipinski definition) is 0. The molecule has 0 fully saturated rings. The summed E-state index contributed by atoms with van der Waals surface area (Å²) < 4.78 is 13.5. The maximum Gasteiger partial charge on any atom is 0.255 e. The van der Waals surface area contributed by atoms with Crippen LogP contribution in [0.4, 0.5) is 4.39 Å². The molecule has 0 aliphatic heterocycles. The molecule has 0 bridgehead atoms. The lowest BCUT2D eigenvalue weighted by Crippen LogP contribution is -2.06. The van der Waals surface area contributed by atoms with E-state index in [1.165, 1.54) is 0 Å². The van der Waals surface area contributed by atoms with Crippen molar-refractivity contribution in [1.82, 2.24) is 0 Å². The Kier molecular flexibility index (Phi) is 4.02. The average Bonchev–Trinajstić information content (AvgIpc) is 2.16. The monoisotopic (exact) mass is 282 g/mol. The molecule has 0 aliphatic rings. The summed E-state index contributed by atoms with van der Waals surface area (Å²) in [4.78, 5) is 32.5. The summed E-state index contributed by atoms with van der Waals surface area (Å²) in [5, 5.41) is -3.27. The summed E-state index contributed by atoms with van der Waals surface area (Å²) in [6.45, 7) is 0. The van der Waals surface area contributed by atoms with Gasteiger partial charge in [-0.05, 0) is 46.9 Å². The summed E-state index contributed by atoms with van der Waals surface area (Å²) >= 11 is 15.3. The molecule has 0 saturated carbocycles. The molecule has 7 heteroatoms. The molecule has 16 heavy (non-hydrogen) atoms. The van der Waals surface area contributed by atoms with Crippen molar-refractivity contribution < 1.29 is 18.8 Å². The molecular formula is C9H2Cl3FO3. The summed E-state index contributed by atoms with van der Waals surface area (Å²) in [6.07, 6.45) is 0. The van der Waals surface area contributed by atoms with Crippen LogP contribution in [-0.4, -0.2) is 15.7 Å². The highest BCUT2D eigenvalue weighted by molar-refractivity contribution is 6.70. The first-order valence-corrected chi connectivity index (χ1v) is 4.91. The molecule has 1 aromatic carbocycles. The topological polar surface area (TPSA) is 51.2 Å². The van der Waals surface area contributed by atoms with Gasteiger partial charge in [0.1, 0.15) is 5.82 Å². The van der Waals surface area contributed by atoms with Crippen LogP contribution >= 0.6 is 34.8 Å². The van der Waals surface area contributed by atoms with Crippen LogP contribution in [0.1, 0.15) is 31.1 Å². The van der Waals surface area contributed by atoms with Crippen LogP contribution in [0.15, 0.2) is 12.1 Å². The Morgan fingerprint density at radius 1 is 0.875 bits per heavy atom. The molecule has 0 aliphatic carbocycles. The van der Waals surface area contributed by atoms with E-state index in [0.29, 0.717) is 0 Å². The molecule has 0 N–H and O–H groups in total. The zero-order chi connectivity index (χ0) is 12.5. The zero-order valence-electron chi connectivity index (χ0n) is 7.39. The molecule has 0 aromatic heterocycles. The van der Waals surface area contributed by atoms with Gasteiger partial charge in [-0.2, -0.15) is 0 Å². The van der Waals surface area contributed by atoms with Crippen LogP contribution < -0.4 is 0 Å². The second-order valence-corrected chi connectivity index (χ2v) is 3.74. The molecule has 0 radical (unpaired) electrons. The first-order valence-electron chi connectivity index (χ1n) is 3.77. The molecule has 0 atom stereocenters. The number of halogens is 4. The van der Waals surface area contributed by atoms with Crippen molar-refractivity contribution in [3.63, 3.8) is 0 Å². The van der Waals surface area contributed by atoms with Gasteiger partial charge in [0.2, 0.25) is 0 Å². The molecule has 1 rings (SSSR count). The van der Waals surface area contributed by atoms with Crippen molar-refractivity contribution in [1.29, 1.82) is 0 Å². The highest BCUT2D eigenvalue weighted by atomic mass is 35.5. The van der Waals surface area contributed by atoms with E-state index < -0.39 is 32.7 Å². The van der Waals surface area contributed by atoms with E-state index >= 15 is 0 Å². The third-order valence-corrected chi connectivity index (χ3v) is 2.35. The van der Waals surface area contributed by atoms with Crippen LogP contribution in [0, 0.1) is 5.82 Å². The lowest BCUT2D eigenvalue weighted by Gasteiger charge is -2.04. The minimum atomic E-state index is -1.18. The van der Waals surface area contributed by atoms with E-state index in [1.807, 2.05) is 0 Å². The van der Waals surface area contributed by atoms with Crippen molar-refractivity contribution in [2.45, 2.75) is 0 Å². The van der Waals surface area contributed by atoms with Crippen molar-refractivity contribution in [3.05, 3.63) is 34.6 Å².